The first kappa shape index (κ1) is 17.5. The molecule has 0 unspecified atom stereocenters. The number of carbonyl (C=O) groups is 1. The lowest BCUT2D eigenvalue weighted by Crippen LogP contribution is -2.33. The zero-order valence-corrected chi connectivity index (χ0v) is 13.8. The van der Waals surface area contributed by atoms with Gasteiger partial charge in [0.05, 0.1) is 6.10 Å². The largest absolute Gasteiger partial charge is 0.393 e. The molecular formula is C17H26FN3O2. The van der Waals surface area contributed by atoms with E-state index in [1.165, 1.54) is 12.1 Å². The third kappa shape index (κ3) is 5.71. The molecule has 0 spiro atoms. The molecule has 0 aromatic heterocycles. The number of hydrogen-bond acceptors (Lipinski definition) is 3. The molecule has 0 saturated carbocycles. The highest BCUT2D eigenvalue weighted by Crippen LogP contribution is 2.25. The number of amides is 2. The molecule has 1 heterocycles. The SMILES string of the molecule is C[C@@H](CNC(=O)Nc1cc(F)cc(N2CCCC2)c1)C[C@@H](C)O. The Balaban J connectivity index is 1.90. The summed E-state index contributed by atoms with van der Waals surface area (Å²) in [4.78, 5) is 14.0. The highest BCUT2D eigenvalue weighted by atomic mass is 19.1. The lowest BCUT2D eigenvalue weighted by molar-refractivity contribution is 0.163. The van der Waals surface area contributed by atoms with E-state index in [1.807, 2.05) is 6.92 Å². The van der Waals surface area contributed by atoms with Crippen molar-refractivity contribution in [3.8, 4) is 0 Å². The summed E-state index contributed by atoms with van der Waals surface area (Å²) in [6.07, 6.45) is 2.46. The molecule has 0 radical (unpaired) electrons. The van der Waals surface area contributed by atoms with Crippen LogP contribution >= 0.6 is 0 Å². The minimum Gasteiger partial charge on any atom is -0.393 e. The van der Waals surface area contributed by atoms with Gasteiger partial charge in [-0.2, -0.15) is 0 Å². The molecule has 5 nitrogen and oxygen atoms in total. The topological polar surface area (TPSA) is 64.6 Å². The number of benzene rings is 1. The molecule has 1 aliphatic rings. The summed E-state index contributed by atoms with van der Waals surface area (Å²) < 4.78 is 13.8. The van der Waals surface area contributed by atoms with E-state index < -0.39 is 0 Å². The molecular weight excluding hydrogens is 297 g/mol. The van der Waals surface area contributed by atoms with Crippen LogP contribution in [0.25, 0.3) is 0 Å². The number of hydrogen-bond donors (Lipinski definition) is 3. The highest BCUT2D eigenvalue weighted by Gasteiger charge is 2.15. The fourth-order valence-corrected chi connectivity index (χ4v) is 2.91. The molecule has 1 fully saturated rings. The Bertz CT molecular complexity index is 531. The molecule has 1 aliphatic heterocycles. The van der Waals surface area contributed by atoms with Crippen molar-refractivity contribution in [3.63, 3.8) is 0 Å². The fourth-order valence-electron chi connectivity index (χ4n) is 2.91. The number of carbonyl (C=O) groups excluding carboxylic acids is 1. The molecule has 2 rings (SSSR count). The standard InChI is InChI=1S/C17H26FN3O2/c1-12(7-13(2)22)11-19-17(23)20-15-8-14(18)9-16(10-15)21-5-3-4-6-21/h8-10,12-13,22H,3-7,11H2,1-2H3,(H2,19,20,23)/t12-,13-/m1/s1. The lowest BCUT2D eigenvalue weighted by atomic mass is 10.1. The summed E-state index contributed by atoms with van der Waals surface area (Å²) in [5.74, 6) is -0.180. The third-order valence-electron chi connectivity index (χ3n) is 3.97. The average molecular weight is 323 g/mol. The van der Waals surface area contributed by atoms with Crippen molar-refractivity contribution in [2.75, 3.05) is 29.9 Å². The van der Waals surface area contributed by atoms with Gasteiger partial charge in [-0.05, 0) is 50.3 Å². The van der Waals surface area contributed by atoms with Crippen molar-refractivity contribution >= 4 is 17.4 Å². The van der Waals surface area contributed by atoms with E-state index in [0.29, 0.717) is 18.7 Å². The Morgan fingerprint density at radius 3 is 2.65 bits per heavy atom. The van der Waals surface area contributed by atoms with Crippen LogP contribution in [0.4, 0.5) is 20.6 Å². The monoisotopic (exact) mass is 323 g/mol. The second-order valence-electron chi connectivity index (χ2n) is 6.42. The summed E-state index contributed by atoms with van der Waals surface area (Å²) in [5, 5.41) is 14.7. The van der Waals surface area contributed by atoms with Crippen LogP contribution in [0.2, 0.25) is 0 Å². The number of aliphatic hydroxyl groups excluding tert-OH is 1. The van der Waals surface area contributed by atoms with E-state index >= 15 is 0 Å². The van der Waals surface area contributed by atoms with E-state index in [1.54, 1.807) is 13.0 Å². The summed E-state index contributed by atoms with van der Waals surface area (Å²) in [7, 11) is 0. The summed E-state index contributed by atoms with van der Waals surface area (Å²) in [5.41, 5.74) is 1.26. The van der Waals surface area contributed by atoms with Gasteiger partial charge in [0, 0.05) is 31.0 Å². The van der Waals surface area contributed by atoms with Gasteiger partial charge in [-0.1, -0.05) is 6.92 Å². The van der Waals surface area contributed by atoms with Gasteiger partial charge in [0.1, 0.15) is 5.82 Å². The maximum Gasteiger partial charge on any atom is 0.319 e. The Kier molecular flexibility index (Phi) is 6.21. The van der Waals surface area contributed by atoms with Crippen molar-refractivity contribution in [2.24, 2.45) is 5.92 Å². The van der Waals surface area contributed by atoms with Crippen molar-refractivity contribution in [3.05, 3.63) is 24.0 Å². The number of aliphatic hydroxyl groups is 1. The Morgan fingerprint density at radius 1 is 1.30 bits per heavy atom. The zero-order valence-electron chi connectivity index (χ0n) is 13.8. The van der Waals surface area contributed by atoms with Crippen LogP contribution in [0.3, 0.4) is 0 Å². The molecule has 0 aliphatic carbocycles. The molecule has 2 atom stereocenters. The van der Waals surface area contributed by atoms with Gasteiger partial charge in [-0.3, -0.25) is 0 Å². The lowest BCUT2D eigenvalue weighted by Gasteiger charge is -2.19. The Morgan fingerprint density at radius 2 is 2.00 bits per heavy atom. The number of anilines is 2. The smallest absolute Gasteiger partial charge is 0.319 e. The first-order valence-corrected chi connectivity index (χ1v) is 8.22. The summed E-state index contributed by atoms with van der Waals surface area (Å²) in [6.45, 7) is 5.99. The number of nitrogens with zero attached hydrogens (tertiary/aromatic N) is 1. The molecule has 23 heavy (non-hydrogen) atoms. The van der Waals surface area contributed by atoms with E-state index in [2.05, 4.69) is 15.5 Å². The van der Waals surface area contributed by atoms with Crippen molar-refractivity contribution in [2.45, 2.75) is 39.2 Å². The molecule has 1 aromatic carbocycles. The maximum absolute atomic E-state index is 13.8. The number of rotatable bonds is 6. The molecule has 2 amide bonds. The van der Waals surface area contributed by atoms with E-state index in [-0.39, 0.29) is 23.9 Å². The Labute approximate surface area is 136 Å². The van der Waals surface area contributed by atoms with Crippen LogP contribution in [0.15, 0.2) is 18.2 Å². The van der Waals surface area contributed by atoms with Crippen LogP contribution in [0.1, 0.15) is 33.1 Å². The quantitative estimate of drug-likeness (QED) is 0.754. The van der Waals surface area contributed by atoms with Crippen LogP contribution < -0.4 is 15.5 Å². The molecule has 128 valence electrons. The third-order valence-corrected chi connectivity index (χ3v) is 3.97. The van der Waals surface area contributed by atoms with Crippen molar-refractivity contribution in [1.82, 2.24) is 5.32 Å². The van der Waals surface area contributed by atoms with Crippen LogP contribution in [0.5, 0.6) is 0 Å². The first-order valence-electron chi connectivity index (χ1n) is 8.22. The predicted octanol–water partition coefficient (Wildman–Crippen LogP) is 2.95. The number of halogens is 1. The van der Waals surface area contributed by atoms with Crippen LogP contribution in [0, 0.1) is 11.7 Å². The van der Waals surface area contributed by atoms with Gasteiger partial charge >= 0.3 is 6.03 Å². The van der Waals surface area contributed by atoms with E-state index in [0.717, 1.165) is 31.6 Å². The second-order valence-corrected chi connectivity index (χ2v) is 6.42. The molecule has 1 saturated heterocycles. The van der Waals surface area contributed by atoms with Gasteiger partial charge in [-0.25, -0.2) is 9.18 Å². The predicted molar refractivity (Wildman–Crippen MR) is 90.3 cm³/mol. The minimum absolute atomic E-state index is 0.174. The molecule has 0 bridgehead atoms. The van der Waals surface area contributed by atoms with Gasteiger partial charge in [0.15, 0.2) is 0 Å². The Hall–Kier alpha value is -1.82. The van der Waals surface area contributed by atoms with Gasteiger partial charge in [0.2, 0.25) is 0 Å². The highest BCUT2D eigenvalue weighted by molar-refractivity contribution is 5.89. The summed E-state index contributed by atoms with van der Waals surface area (Å²) >= 11 is 0. The van der Waals surface area contributed by atoms with Crippen LogP contribution in [-0.4, -0.2) is 36.9 Å². The van der Waals surface area contributed by atoms with E-state index in [4.69, 9.17) is 0 Å². The van der Waals surface area contributed by atoms with Gasteiger partial charge in [0.25, 0.3) is 0 Å². The normalized spacial score (nSPS) is 17.0. The molecule has 6 heteroatoms. The van der Waals surface area contributed by atoms with Crippen molar-refractivity contribution < 1.29 is 14.3 Å². The number of nitrogens with one attached hydrogen (secondary N) is 2. The van der Waals surface area contributed by atoms with Gasteiger partial charge < -0.3 is 20.6 Å². The number of urea groups is 1. The maximum atomic E-state index is 13.8. The molecule has 1 aromatic rings. The van der Waals surface area contributed by atoms with E-state index in [9.17, 15) is 14.3 Å². The van der Waals surface area contributed by atoms with Gasteiger partial charge in [-0.15, -0.1) is 0 Å². The minimum atomic E-state index is -0.388. The molecule has 3 N–H and O–H groups in total. The first-order chi connectivity index (χ1) is 10.9. The average Bonchev–Trinajstić information content (AvgIpc) is 2.98. The van der Waals surface area contributed by atoms with Crippen LogP contribution in [-0.2, 0) is 0 Å². The zero-order chi connectivity index (χ0) is 16.8. The second kappa shape index (κ2) is 8.15. The van der Waals surface area contributed by atoms with Crippen molar-refractivity contribution in [1.29, 1.82) is 0 Å². The fraction of sp³-hybridized carbons (Fsp3) is 0.588. The summed E-state index contributed by atoms with van der Waals surface area (Å²) in [6, 6.07) is 4.26.